The Morgan fingerprint density at radius 3 is 2.50 bits per heavy atom. The lowest BCUT2D eigenvalue weighted by atomic mass is 9.99. The summed E-state index contributed by atoms with van der Waals surface area (Å²) in [5, 5.41) is 7.07. The van der Waals surface area contributed by atoms with Crippen LogP contribution in [0.3, 0.4) is 0 Å². The van der Waals surface area contributed by atoms with Crippen LogP contribution in [0.15, 0.2) is 6.07 Å². The molecule has 3 rings (SSSR count). The number of nitrogens with zero attached hydrogens (tertiary/aromatic N) is 4. The second-order valence-electron chi connectivity index (χ2n) is 8.84. The van der Waals surface area contributed by atoms with Crippen LogP contribution >= 0.6 is 12.2 Å². The first-order valence-corrected chi connectivity index (χ1v) is 11.3. The molecule has 28 heavy (non-hydrogen) atoms. The van der Waals surface area contributed by atoms with Gasteiger partial charge >= 0.3 is 0 Å². The standard InChI is InChI=1S/C21H36N6S/c1-15(2)14-22-21(28)25-20-23-18(26-11-8-16(3)9-12-26)13-19(24-20)27-10-6-5-7-17(27)4/h13,15-17H,5-12,14H2,1-4H3,(H2,22,23,24,25,28). The first-order valence-electron chi connectivity index (χ1n) is 10.9. The van der Waals surface area contributed by atoms with Gasteiger partial charge in [0.15, 0.2) is 5.11 Å². The fourth-order valence-electron chi connectivity index (χ4n) is 3.91. The number of piperidine rings is 2. The number of thiocarbonyl (C=S) groups is 1. The fraction of sp³-hybridized carbons (Fsp3) is 0.762. The Morgan fingerprint density at radius 2 is 1.82 bits per heavy atom. The summed E-state index contributed by atoms with van der Waals surface area (Å²) in [6, 6.07) is 2.69. The van der Waals surface area contributed by atoms with Crippen LogP contribution in [0, 0.1) is 11.8 Å². The maximum absolute atomic E-state index is 5.46. The van der Waals surface area contributed by atoms with E-state index in [1.807, 2.05) is 0 Å². The van der Waals surface area contributed by atoms with E-state index in [1.165, 1.54) is 32.1 Å². The molecule has 0 aromatic carbocycles. The van der Waals surface area contributed by atoms with Gasteiger partial charge in [-0.3, -0.25) is 0 Å². The number of rotatable bonds is 5. The van der Waals surface area contributed by atoms with Gasteiger partial charge in [0.2, 0.25) is 5.95 Å². The molecule has 0 bridgehead atoms. The van der Waals surface area contributed by atoms with Crippen molar-refractivity contribution in [2.24, 2.45) is 11.8 Å². The summed E-state index contributed by atoms with van der Waals surface area (Å²) < 4.78 is 0. The smallest absolute Gasteiger partial charge is 0.232 e. The van der Waals surface area contributed by atoms with Crippen molar-refractivity contribution in [2.45, 2.75) is 65.8 Å². The van der Waals surface area contributed by atoms with Crippen LogP contribution in [-0.2, 0) is 0 Å². The number of nitrogens with one attached hydrogen (secondary N) is 2. The molecule has 2 N–H and O–H groups in total. The third-order valence-electron chi connectivity index (χ3n) is 5.80. The van der Waals surface area contributed by atoms with Gasteiger partial charge < -0.3 is 20.4 Å². The zero-order chi connectivity index (χ0) is 20.1. The van der Waals surface area contributed by atoms with E-state index >= 15 is 0 Å². The van der Waals surface area contributed by atoms with Crippen molar-refractivity contribution < 1.29 is 0 Å². The van der Waals surface area contributed by atoms with Crippen molar-refractivity contribution in [1.82, 2.24) is 15.3 Å². The Labute approximate surface area is 175 Å². The van der Waals surface area contributed by atoms with Gasteiger partial charge in [-0.15, -0.1) is 0 Å². The number of hydrogen-bond donors (Lipinski definition) is 2. The summed E-state index contributed by atoms with van der Waals surface area (Å²) in [4.78, 5) is 14.5. The molecule has 0 radical (unpaired) electrons. The molecule has 1 aromatic heterocycles. The SMILES string of the molecule is CC(C)CNC(=S)Nc1nc(N2CCC(C)CC2)cc(N2CCCCC2C)n1. The predicted octanol–water partition coefficient (Wildman–Crippen LogP) is 4.03. The van der Waals surface area contributed by atoms with Crippen molar-refractivity contribution >= 4 is 34.9 Å². The van der Waals surface area contributed by atoms with Crippen molar-refractivity contribution in [2.75, 3.05) is 41.3 Å². The van der Waals surface area contributed by atoms with Gasteiger partial charge in [-0.25, -0.2) is 0 Å². The molecule has 2 saturated heterocycles. The monoisotopic (exact) mass is 404 g/mol. The zero-order valence-electron chi connectivity index (χ0n) is 17.9. The molecule has 6 nitrogen and oxygen atoms in total. The van der Waals surface area contributed by atoms with Gasteiger partial charge in [0.25, 0.3) is 0 Å². The Balaban J connectivity index is 1.82. The van der Waals surface area contributed by atoms with E-state index in [1.54, 1.807) is 0 Å². The summed E-state index contributed by atoms with van der Waals surface area (Å²) in [6.45, 7) is 13.0. The molecule has 1 aromatic rings. The van der Waals surface area contributed by atoms with E-state index in [0.717, 1.165) is 43.7 Å². The first-order chi connectivity index (χ1) is 13.4. The molecule has 1 atom stereocenters. The van der Waals surface area contributed by atoms with E-state index in [0.29, 0.717) is 23.0 Å². The van der Waals surface area contributed by atoms with Crippen molar-refractivity contribution in [3.05, 3.63) is 6.07 Å². The second kappa shape index (κ2) is 9.72. The van der Waals surface area contributed by atoms with Crippen LogP contribution < -0.4 is 20.4 Å². The van der Waals surface area contributed by atoms with Crippen molar-refractivity contribution in [3.8, 4) is 0 Å². The lowest BCUT2D eigenvalue weighted by Gasteiger charge is -2.36. The first kappa shape index (κ1) is 21.1. The van der Waals surface area contributed by atoms with Crippen LogP contribution in [-0.4, -0.2) is 47.3 Å². The van der Waals surface area contributed by atoms with E-state index in [4.69, 9.17) is 22.2 Å². The summed E-state index contributed by atoms with van der Waals surface area (Å²) >= 11 is 5.46. The highest BCUT2D eigenvalue weighted by Crippen LogP contribution is 2.29. The number of anilines is 3. The summed E-state index contributed by atoms with van der Waals surface area (Å²) in [5.74, 6) is 3.97. The zero-order valence-corrected chi connectivity index (χ0v) is 18.7. The molecule has 2 fully saturated rings. The molecule has 7 heteroatoms. The minimum atomic E-state index is 0.511. The molecule has 2 aliphatic heterocycles. The highest BCUT2D eigenvalue weighted by Gasteiger charge is 2.24. The van der Waals surface area contributed by atoms with Gasteiger partial charge in [0, 0.05) is 38.3 Å². The summed E-state index contributed by atoms with van der Waals surface area (Å²) in [5.41, 5.74) is 0. The summed E-state index contributed by atoms with van der Waals surface area (Å²) in [7, 11) is 0. The van der Waals surface area contributed by atoms with Gasteiger partial charge in [0.1, 0.15) is 11.6 Å². The highest BCUT2D eigenvalue weighted by atomic mass is 32.1. The third kappa shape index (κ3) is 5.69. The fourth-order valence-corrected chi connectivity index (χ4v) is 4.08. The molecular formula is C21H36N6S. The highest BCUT2D eigenvalue weighted by molar-refractivity contribution is 7.80. The molecule has 0 spiro atoms. The van der Waals surface area contributed by atoms with Crippen LogP contribution in [0.25, 0.3) is 0 Å². The quantitative estimate of drug-likeness (QED) is 0.719. The van der Waals surface area contributed by atoms with Crippen LogP contribution in [0.2, 0.25) is 0 Å². The van der Waals surface area contributed by atoms with E-state index in [-0.39, 0.29) is 0 Å². The number of aromatic nitrogens is 2. The Kier molecular flexibility index (Phi) is 7.32. The molecule has 2 aliphatic rings. The number of hydrogen-bond acceptors (Lipinski definition) is 5. The van der Waals surface area contributed by atoms with Gasteiger partial charge in [-0.05, 0) is 63.1 Å². The Morgan fingerprint density at radius 1 is 1.11 bits per heavy atom. The average molecular weight is 405 g/mol. The van der Waals surface area contributed by atoms with Crippen molar-refractivity contribution in [1.29, 1.82) is 0 Å². The molecule has 1 unspecified atom stereocenters. The lowest BCUT2D eigenvalue weighted by molar-refractivity contribution is 0.436. The van der Waals surface area contributed by atoms with E-state index in [9.17, 15) is 0 Å². The average Bonchev–Trinajstić information content (AvgIpc) is 2.67. The molecule has 156 valence electrons. The van der Waals surface area contributed by atoms with Gasteiger partial charge in [-0.1, -0.05) is 20.8 Å². The molecule has 0 amide bonds. The minimum Gasteiger partial charge on any atom is -0.362 e. The van der Waals surface area contributed by atoms with Crippen molar-refractivity contribution in [3.63, 3.8) is 0 Å². The van der Waals surface area contributed by atoms with Gasteiger partial charge in [0.05, 0.1) is 0 Å². The molecule has 0 saturated carbocycles. The second-order valence-corrected chi connectivity index (χ2v) is 9.25. The maximum Gasteiger partial charge on any atom is 0.232 e. The lowest BCUT2D eigenvalue weighted by Crippen LogP contribution is -2.39. The molecule has 3 heterocycles. The molecular weight excluding hydrogens is 368 g/mol. The van der Waals surface area contributed by atoms with Crippen LogP contribution in [0.5, 0.6) is 0 Å². The maximum atomic E-state index is 5.46. The minimum absolute atomic E-state index is 0.511. The molecule has 0 aliphatic carbocycles. The third-order valence-corrected chi connectivity index (χ3v) is 6.05. The predicted molar refractivity (Wildman–Crippen MR) is 122 cm³/mol. The van der Waals surface area contributed by atoms with E-state index < -0.39 is 0 Å². The van der Waals surface area contributed by atoms with E-state index in [2.05, 4.69) is 54.2 Å². The summed E-state index contributed by atoms with van der Waals surface area (Å²) in [6.07, 6.45) is 6.18. The Hall–Kier alpha value is -1.63. The largest absolute Gasteiger partial charge is 0.362 e. The Bertz CT molecular complexity index is 656. The van der Waals surface area contributed by atoms with Gasteiger partial charge in [-0.2, -0.15) is 9.97 Å². The van der Waals surface area contributed by atoms with Crippen LogP contribution in [0.4, 0.5) is 17.6 Å². The normalized spacial score (nSPS) is 21.1. The topological polar surface area (TPSA) is 56.3 Å². The van der Waals surface area contributed by atoms with Crippen LogP contribution in [0.1, 0.15) is 59.8 Å².